The summed E-state index contributed by atoms with van der Waals surface area (Å²) in [7, 11) is 0. The van der Waals surface area contributed by atoms with Gasteiger partial charge in [0.15, 0.2) is 11.4 Å². The van der Waals surface area contributed by atoms with E-state index in [4.69, 9.17) is 4.74 Å². The molecule has 2 rings (SSSR count). The molecule has 0 saturated heterocycles. The number of rotatable bonds is 18. The van der Waals surface area contributed by atoms with Gasteiger partial charge in [-0.1, -0.05) is 52.0 Å². The van der Waals surface area contributed by atoms with Crippen molar-refractivity contribution in [3.05, 3.63) is 23.8 Å². The lowest BCUT2D eigenvalue weighted by Crippen LogP contribution is -2.40. The molecule has 2 aromatic heterocycles. The number of carbonyl (C=O) groups excluding carboxylic acids is 4. The van der Waals surface area contributed by atoms with Crippen molar-refractivity contribution in [2.24, 2.45) is 10.8 Å². The van der Waals surface area contributed by atoms with Gasteiger partial charge in [-0.3, -0.25) is 23.9 Å². The predicted molar refractivity (Wildman–Crippen MR) is 173 cm³/mol. The zero-order valence-electron chi connectivity index (χ0n) is 29.2. The highest BCUT2D eigenvalue weighted by Gasteiger charge is 2.27. The van der Waals surface area contributed by atoms with Crippen molar-refractivity contribution in [3.63, 3.8) is 0 Å². The van der Waals surface area contributed by atoms with Gasteiger partial charge in [-0.2, -0.15) is 0 Å². The van der Waals surface area contributed by atoms with E-state index in [0.717, 1.165) is 6.42 Å². The molecule has 15 heteroatoms. The van der Waals surface area contributed by atoms with Crippen LogP contribution in [0, 0.1) is 10.8 Å². The molecule has 0 unspecified atom stereocenters. The topological polar surface area (TPSA) is 187 Å². The molecule has 0 aliphatic heterocycles. The fourth-order valence-corrected chi connectivity index (χ4v) is 3.87. The molecule has 4 amide bonds. The monoisotopic (exact) mass is 646 g/mol. The second-order valence-electron chi connectivity index (χ2n) is 14.3. The minimum atomic E-state index is -0.490. The SMILES string of the molecule is CCC(C)(C)C(=O)NCCNC(=O)c1cn(C(C)(C)CCOC(C)(C)CCn2cc(C(=O)NCCNC(=O)C(C)(C)C)nn2)nn1. The lowest BCUT2D eigenvalue weighted by molar-refractivity contribution is -0.129. The first kappa shape index (κ1) is 38.3. The first-order valence-electron chi connectivity index (χ1n) is 15.9. The van der Waals surface area contributed by atoms with Crippen LogP contribution < -0.4 is 21.3 Å². The molecule has 15 nitrogen and oxygen atoms in total. The molecule has 0 bridgehead atoms. The van der Waals surface area contributed by atoms with Crippen LogP contribution in [0.4, 0.5) is 0 Å². The molecular weight excluding hydrogens is 592 g/mol. The number of aryl methyl sites for hydroxylation is 1. The Morgan fingerprint density at radius 2 is 1.24 bits per heavy atom. The number of hydrogen-bond acceptors (Lipinski definition) is 9. The van der Waals surface area contributed by atoms with Crippen molar-refractivity contribution >= 4 is 23.6 Å². The Bertz CT molecular complexity index is 1320. The van der Waals surface area contributed by atoms with Crippen molar-refractivity contribution in [3.8, 4) is 0 Å². The van der Waals surface area contributed by atoms with Crippen LogP contribution in [0.15, 0.2) is 12.4 Å². The molecule has 0 aliphatic carbocycles. The van der Waals surface area contributed by atoms with E-state index in [1.54, 1.807) is 21.8 Å². The van der Waals surface area contributed by atoms with E-state index in [0.29, 0.717) is 39.1 Å². The van der Waals surface area contributed by atoms with Crippen LogP contribution in [-0.4, -0.2) is 92.0 Å². The largest absolute Gasteiger partial charge is 0.375 e. The van der Waals surface area contributed by atoms with E-state index < -0.39 is 22.0 Å². The van der Waals surface area contributed by atoms with Crippen molar-refractivity contribution in [1.29, 1.82) is 0 Å². The number of amides is 4. The summed E-state index contributed by atoms with van der Waals surface area (Å²) in [5, 5.41) is 27.3. The van der Waals surface area contributed by atoms with Gasteiger partial charge in [-0.15, -0.1) is 10.2 Å². The van der Waals surface area contributed by atoms with E-state index in [2.05, 4.69) is 41.9 Å². The number of carbonyl (C=O) groups is 4. The summed E-state index contributed by atoms with van der Waals surface area (Å²) < 4.78 is 9.45. The molecule has 2 aromatic rings. The smallest absolute Gasteiger partial charge is 0.273 e. The molecular formula is C31H54N10O5. The fraction of sp³-hybridized carbons (Fsp3) is 0.742. The average Bonchev–Trinajstić information content (AvgIpc) is 3.66. The summed E-state index contributed by atoms with van der Waals surface area (Å²) in [6, 6.07) is 0. The molecule has 0 saturated carbocycles. The highest BCUT2D eigenvalue weighted by Crippen LogP contribution is 2.23. The summed E-state index contributed by atoms with van der Waals surface area (Å²) in [5.74, 6) is -0.850. The highest BCUT2D eigenvalue weighted by atomic mass is 16.5. The molecule has 0 aromatic carbocycles. The standard InChI is InChI=1S/C31H54N10O5/c1-11-29(5,6)27(45)35-17-15-33-25(43)23-21-41(39-37-23)30(7,8)13-19-46-31(9,10)12-18-40-20-22(36-38-40)24(42)32-14-16-34-26(44)28(2,3)4/h20-21H,11-19H2,1-10H3,(H,32,42)(H,33,43)(H,34,44)(H,35,45). The van der Waals surface area contributed by atoms with Crippen LogP contribution in [0.1, 0.15) is 109 Å². The zero-order chi connectivity index (χ0) is 34.8. The first-order chi connectivity index (χ1) is 21.3. The molecule has 0 spiro atoms. The second kappa shape index (κ2) is 16.1. The maximum atomic E-state index is 12.6. The van der Waals surface area contributed by atoms with Crippen LogP contribution in [-0.2, 0) is 26.4 Å². The van der Waals surface area contributed by atoms with E-state index in [9.17, 15) is 19.2 Å². The number of nitrogens with one attached hydrogen (secondary N) is 4. The van der Waals surface area contributed by atoms with Gasteiger partial charge < -0.3 is 26.0 Å². The quantitative estimate of drug-likeness (QED) is 0.176. The maximum Gasteiger partial charge on any atom is 0.273 e. The molecule has 46 heavy (non-hydrogen) atoms. The Morgan fingerprint density at radius 1 is 0.717 bits per heavy atom. The molecule has 0 atom stereocenters. The number of hydrogen-bond donors (Lipinski definition) is 4. The maximum absolute atomic E-state index is 12.6. The van der Waals surface area contributed by atoms with Gasteiger partial charge in [-0.25, -0.2) is 4.68 Å². The first-order valence-corrected chi connectivity index (χ1v) is 15.9. The van der Waals surface area contributed by atoms with Crippen LogP contribution in [0.5, 0.6) is 0 Å². The van der Waals surface area contributed by atoms with Gasteiger partial charge in [0, 0.05) is 50.2 Å². The Hall–Kier alpha value is -3.88. The fourth-order valence-electron chi connectivity index (χ4n) is 3.87. The minimum Gasteiger partial charge on any atom is -0.375 e. The van der Waals surface area contributed by atoms with Crippen molar-refractivity contribution in [1.82, 2.24) is 51.3 Å². The number of aromatic nitrogens is 6. The average molecular weight is 647 g/mol. The zero-order valence-corrected chi connectivity index (χ0v) is 29.2. The third-order valence-electron chi connectivity index (χ3n) is 7.84. The van der Waals surface area contributed by atoms with Gasteiger partial charge in [0.05, 0.1) is 23.5 Å². The number of nitrogens with zero attached hydrogens (tertiary/aromatic N) is 6. The lowest BCUT2D eigenvalue weighted by atomic mass is 9.89. The second-order valence-corrected chi connectivity index (χ2v) is 14.3. The molecule has 258 valence electrons. The van der Waals surface area contributed by atoms with Gasteiger partial charge in [0.1, 0.15) is 0 Å². The summed E-state index contributed by atoms with van der Waals surface area (Å²) in [5.41, 5.74) is -1.49. The van der Waals surface area contributed by atoms with Gasteiger partial charge in [0.2, 0.25) is 11.8 Å². The third kappa shape index (κ3) is 12.1. The van der Waals surface area contributed by atoms with Crippen LogP contribution in [0.3, 0.4) is 0 Å². The van der Waals surface area contributed by atoms with Crippen LogP contribution in [0.25, 0.3) is 0 Å². The minimum absolute atomic E-state index is 0.0496. The summed E-state index contributed by atoms with van der Waals surface area (Å²) >= 11 is 0. The van der Waals surface area contributed by atoms with Crippen molar-refractivity contribution in [2.75, 3.05) is 32.8 Å². The lowest BCUT2D eigenvalue weighted by Gasteiger charge is -2.29. The Labute approximate surface area is 272 Å². The van der Waals surface area contributed by atoms with E-state index in [-0.39, 0.29) is 48.1 Å². The van der Waals surface area contributed by atoms with E-state index >= 15 is 0 Å². The Kier molecular flexibility index (Phi) is 13.4. The normalized spacial score (nSPS) is 12.5. The molecule has 0 fully saturated rings. The van der Waals surface area contributed by atoms with Gasteiger partial charge >= 0.3 is 0 Å². The molecule has 0 radical (unpaired) electrons. The van der Waals surface area contributed by atoms with E-state index in [1.807, 2.05) is 69.2 Å². The molecule has 0 aliphatic rings. The highest BCUT2D eigenvalue weighted by molar-refractivity contribution is 5.92. The predicted octanol–water partition coefficient (Wildman–Crippen LogP) is 2.05. The summed E-state index contributed by atoms with van der Waals surface area (Å²) in [6.07, 6.45) is 5.16. The van der Waals surface area contributed by atoms with E-state index in [1.165, 1.54) is 0 Å². The molecule has 4 N–H and O–H groups in total. The molecule has 2 heterocycles. The van der Waals surface area contributed by atoms with Crippen molar-refractivity contribution in [2.45, 2.75) is 106 Å². The van der Waals surface area contributed by atoms with Gasteiger partial charge in [0.25, 0.3) is 11.8 Å². The van der Waals surface area contributed by atoms with Crippen molar-refractivity contribution < 1.29 is 23.9 Å². The summed E-state index contributed by atoms with van der Waals surface area (Å²) in [6.45, 7) is 21.3. The Morgan fingerprint density at radius 3 is 1.80 bits per heavy atom. The van der Waals surface area contributed by atoms with Crippen LogP contribution >= 0.6 is 0 Å². The number of ether oxygens (including phenoxy) is 1. The summed E-state index contributed by atoms with van der Waals surface area (Å²) in [4.78, 5) is 49.1. The third-order valence-corrected chi connectivity index (χ3v) is 7.84. The van der Waals surface area contributed by atoms with Crippen LogP contribution in [0.2, 0.25) is 0 Å². The Balaban J connectivity index is 1.75. The van der Waals surface area contributed by atoms with Gasteiger partial charge in [-0.05, 0) is 47.0 Å².